The van der Waals surface area contributed by atoms with Crippen LogP contribution in [-0.4, -0.2) is 31.0 Å². The molecule has 0 unspecified atom stereocenters. The van der Waals surface area contributed by atoms with Crippen molar-refractivity contribution in [3.63, 3.8) is 0 Å². The van der Waals surface area contributed by atoms with E-state index in [0.29, 0.717) is 16.6 Å². The monoisotopic (exact) mass is 382 g/mol. The number of anilines is 1. The number of rotatable bonds is 6. The van der Waals surface area contributed by atoms with Crippen LogP contribution in [0.5, 0.6) is 11.5 Å². The van der Waals surface area contributed by atoms with Crippen molar-refractivity contribution in [1.29, 1.82) is 0 Å². The Hall–Kier alpha value is -2.73. The summed E-state index contributed by atoms with van der Waals surface area (Å²) in [4.78, 5) is 19.3. The van der Waals surface area contributed by atoms with E-state index in [1.807, 2.05) is 48.5 Å². The fourth-order valence-electron chi connectivity index (χ4n) is 2.62. The topological polar surface area (TPSA) is 51.1 Å². The normalized spacial score (nSPS) is 15.2. The van der Waals surface area contributed by atoms with E-state index in [9.17, 15) is 4.79 Å². The van der Waals surface area contributed by atoms with Gasteiger partial charge in [-0.3, -0.25) is 9.69 Å². The van der Waals surface area contributed by atoms with E-state index >= 15 is 0 Å². The van der Waals surface area contributed by atoms with Crippen LogP contribution in [0.4, 0.5) is 5.69 Å². The number of amidine groups is 1. The predicted octanol–water partition coefficient (Wildman–Crippen LogP) is 4.59. The molecule has 5 nitrogen and oxygen atoms in total. The molecule has 0 radical (unpaired) electrons. The van der Waals surface area contributed by atoms with Crippen LogP contribution in [0.25, 0.3) is 6.08 Å². The summed E-state index contributed by atoms with van der Waals surface area (Å²) in [6, 6.07) is 15.0. The Kier molecular flexibility index (Phi) is 6.19. The van der Waals surface area contributed by atoms with Crippen molar-refractivity contribution >= 4 is 34.6 Å². The lowest BCUT2D eigenvalue weighted by Gasteiger charge is -2.18. The number of aliphatic imine (C=N–C) groups is 1. The van der Waals surface area contributed by atoms with Crippen molar-refractivity contribution in [3.8, 4) is 11.5 Å². The summed E-state index contributed by atoms with van der Waals surface area (Å²) >= 11 is 1.58. The quantitative estimate of drug-likeness (QED) is 0.686. The van der Waals surface area contributed by atoms with Gasteiger partial charge in [-0.25, -0.2) is 4.99 Å². The molecule has 3 rings (SSSR count). The minimum absolute atomic E-state index is 0.141. The maximum absolute atomic E-state index is 13.1. The fourth-order valence-corrected chi connectivity index (χ4v) is 3.49. The molecule has 0 saturated heterocycles. The molecule has 0 fully saturated rings. The minimum atomic E-state index is -0.141. The van der Waals surface area contributed by atoms with Crippen LogP contribution < -0.4 is 14.4 Å². The van der Waals surface area contributed by atoms with Gasteiger partial charge in [-0.15, -0.1) is 0 Å². The highest BCUT2D eigenvalue weighted by atomic mass is 32.2. The van der Waals surface area contributed by atoms with E-state index < -0.39 is 0 Å². The average Bonchev–Trinajstić information content (AvgIpc) is 3.02. The maximum atomic E-state index is 13.1. The summed E-state index contributed by atoms with van der Waals surface area (Å²) in [5.74, 6) is 2.23. The number of hydrogen-bond acceptors (Lipinski definition) is 5. The van der Waals surface area contributed by atoms with Crippen LogP contribution in [0.2, 0.25) is 0 Å². The molecule has 2 aromatic rings. The Morgan fingerprint density at radius 2 is 1.81 bits per heavy atom. The summed E-state index contributed by atoms with van der Waals surface area (Å²) in [5, 5.41) is 0.690. The molecule has 1 heterocycles. The number of benzene rings is 2. The average molecular weight is 382 g/mol. The summed E-state index contributed by atoms with van der Waals surface area (Å²) in [6.07, 6.45) is 2.80. The van der Waals surface area contributed by atoms with Crippen LogP contribution >= 0.6 is 11.8 Å². The van der Waals surface area contributed by atoms with Crippen molar-refractivity contribution in [1.82, 2.24) is 0 Å². The molecular formula is C21H22N2O3S. The zero-order valence-corrected chi connectivity index (χ0v) is 16.5. The highest BCUT2D eigenvalue weighted by Crippen LogP contribution is 2.31. The fraction of sp³-hybridized carbons (Fsp3) is 0.238. The SMILES string of the molecule is CCCSC1=N/C(=C\c2ccc(OC)cc2)C(=O)N1c1cccc(OC)c1. The molecule has 0 saturated carbocycles. The zero-order valence-electron chi connectivity index (χ0n) is 15.6. The summed E-state index contributed by atoms with van der Waals surface area (Å²) in [6.45, 7) is 2.11. The smallest absolute Gasteiger partial charge is 0.283 e. The third-order valence-electron chi connectivity index (χ3n) is 4.00. The van der Waals surface area contributed by atoms with Gasteiger partial charge in [0.15, 0.2) is 5.17 Å². The van der Waals surface area contributed by atoms with E-state index in [1.165, 1.54) is 0 Å². The zero-order chi connectivity index (χ0) is 19.2. The molecule has 0 atom stereocenters. The van der Waals surface area contributed by atoms with Gasteiger partial charge in [-0.05, 0) is 42.3 Å². The number of amides is 1. The van der Waals surface area contributed by atoms with E-state index in [-0.39, 0.29) is 5.91 Å². The number of ether oxygens (including phenoxy) is 2. The van der Waals surface area contributed by atoms with Gasteiger partial charge >= 0.3 is 0 Å². The second-order valence-corrected chi connectivity index (χ2v) is 6.95. The second kappa shape index (κ2) is 8.77. The number of carbonyl (C=O) groups excluding carboxylic acids is 1. The first-order chi connectivity index (χ1) is 13.2. The summed E-state index contributed by atoms with van der Waals surface area (Å²) < 4.78 is 10.5. The lowest BCUT2D eigenvalue weighted by molar-refractivity contribution is -0.113. The van der Waals surface area contributed by atoms with Crippen molar-refractivity contribution in [2.45, 2.75) is 13.3 Å². The Morgan fingerprint density at radius 1 is 1.07 bits per heavy atom. The molecule has 0 aromatic heterocycles. The molecule has 2 aromatic carbocycles. The van der Waals surface area contributed by atoms with Gasteiger partial charge in [0.05, 0.1) is 19.9 Å². The number of thioether (sulfide) groups is 1. The second-order valence-electron chi connectivity index (χ2n) is 5.89. The lowest BCUT2D eigenvalue weighted by Crippen LogP contribution is -2.30. The van der Waals surface area contributed by atoms with Crippen LogP contribution in [0.1, 0.15) is 18.9 Å². The van der Waals surface area contributed by atoms with Crippen LogP contribution in [0.3, 0.4) is 0 Å². The first-order valence-electron chi connectivity index (χ1n) is 8.72. The third-order valence-corrected chi connectivity index (χ3v) is 5.14. The number of hydrogen-bond donors (Lipinski definition) is 0. The molecule has 0 spiro atoms. The van der Waals surface area contributed by atoms with E-state index in [4.69, 9.17) is 9.47 Å². The van der Waals surface area contributed by atoms with Crippen LogP contribution in [0.15, 0.2) is 59.2 Å². The van der Waals surface area contributed by atoms with Crippen molar-refractivity contribution in [2.75, 3.05) is 24.9 Å². The van der Waals surface area contributed by atoms with Gasteiger partial charge in [0.25, 0.3) is 5.91 Å². The van der Waals surface area contributed by atoms with Gasteiger partial charge in [0.2, 0.25) is 0 Å². The Balaban J connectivity index is 1.95. The molecular weight excluding hydrogens is 360 g/mol. The third kappa shape index (κ3) is 4.34. The Morgan fingerprint density at radius 3 is 2.48 bits per heavy atom. The molecule has 1 aliphatic rings. The van der Waals surface area contributed by atoms with Crippen LogP contribution in [-0.2, 0) is 4.79 Å². The van der Waals surface area contributed by atoms with Gasteiger partial charge in [-0.1, -0.05) is 36.9 Å². The highest BCUT2D eigenvalue weighted by Gasteiger charge is 2.32. The van der Waals surface area contributed by atoms with Crippen molar-refractivity contribution in [3.05, 3.63) is 59.8 Å². The maximum Gasteiger partial charge on any atom is 0.283 e. The molecule has 1 aliphatic heterocycles. The molecule has 0 aliphatic carbocycles. The van der Waals surface area contributed by atoms with Crippen molar-refractivity contribution in [2.24, 2.45) is 4.99 Å². The predicted molar refractivity (Wildman–Crippen MR) is 112 cm³/mol. The van der Waals surface area contributed by atoms with Gasteiger partial charge in [0.1, 0.15) is 17.2 Å². The first-order valence-corrected chi connectivity index (χ1v) is 9.70. The van der Waals surface area contributed by atoms with Gasteiger partial charge in [0, 0.05) is 11.8 Å². The van der Waals surface area contributed by atoms with E-state index in [1.54, 1.807) is 37.0 Å². The van der Waals surface area contributed by atoms with E-state index in [0.717, 1.165) is 29.2 Å². The lowest BCUT2D eigenvalue weighted by atomic mass is 10.2. The van der Waals surface area contributed by atoms with Crippen molar-refractivity contribution < 1.29 is 14.3 Å². The summed E-state index contributed by atoms with van der Waals surface area (Å²) in [5.41, 5.74) is 2.07. The molecule has 1 amide bonds. The Labute approximate surface area is 163 Å². The molecule has 6 heteroatoms. The number of carbonyl (C=O) groups is 1. The Bertz CT molecular complexity index is 875. The van der Waals surface area contributed by atoms with Gasteiger partial charge < -0.3 is 9.47 Å². The molecule has 27 heavy (non-hydrogen) atoms. The molecule has 0 bridgehead atoms. The largest absolute Gasteiger partial charge is 0.497 e. The highest BCUT2D eigenvalue weighted by molar-refractivity contribution is 8.14. The first kappa shape index (κ1) is 19.0. The molecule has 140 valence electrons. The standard InChI is InChI=1S/C21H22N2O3S/c1-4-12-27-21-22-19(13-15-8-10-17(25-2)11-9-15)20(24)23(21)16-6-5-7-18(14-16)26-3/h5-11,13-14H,4,12H2,1-3H3/b19-13-. The molecule has 0 N–H and O–H groups in total. The minimum Gasteiger partial charge on any atom is -0.497 e. The number of nitrogens with zero attached hydrogens (tertiary/aromatic N) is 2. The van der Waals surface area contributed by atoms with Gasteiger partial charge in [-0.2, -0.15) is 0 Å². The summed E-state index contributed by atoms with van der Waals surface area (Å²) in [7, 11) is 3.24. The number of methoxy groups -OCH3 is 2. The van der Waals surface area contributed by atoms with Crippen LogP contribution in [0, 0.1) is 0 Å². The van der Waals surface area contributed by atoms with E-state index in [2.05, 4.69) is 11.9 Å².